The monoisotopic (exact) mass is 870 g/mol. The van der Waals surface area contributed by atoms with Crippen LogP contribution in [-0.2, 0) is 10.8 Å². The molecule has 0 radical (unpaired) electrons. The molecule has 0 spiro atoms. The number of fused-ring (bicyclic) bond motifs is 9. The Hall–Kier alpha value is -8.20. The summed E-state index contributed by atoms with van der Waals surface area (Å²) >= 11 is 0. The van der Waals surface area contributed by atoms with Gasteiger partial charge in [0.1, 0.15) is 0 Å². The summed E-state index contributed by atoms with van der Waals surface area (Å²) in [5.74, 6) is 0. The van der Waals surface area contributed by atoms with Crippen LogP contribution < -0.4 is 4.90 Å². The molecule has 2 aliphatic rings. The van der Waals surface area contributed by atoms with E-state index in [0.29, 0.717) is 0 Å². The van der Waals surface area contributed by atoms with Crippen molar-refractivity contribution >= 4 is 38.9 Å². The number of anilines is 3. The standard InChI is InChI=1S/C66H50N2/c1-65(2)57-29-12-6-26-55(57)64-54(27-18-30-58(64)65)53-25-10-16-34-63(53)67(60-31-13-7-21-48(60)45-37-40-50-49-22-5-11-28-56(49)66(3,4)59(50)42-45)46-38-35-43(36-39-46)44-19-17-20-47(41-44)68-61-32-14-8-23-51(61)52-24-9-15-33-62(52)68/h5-42H,1-4H3. The van der Waals surface area contributed by atoms with Gasteiger partial charge in [-0.3, -0.25) is 0 Å². The molecule has 0 saturated carbocycles. The molecule has 68 heavy (non-hydrogen) atoms. The first-order valence-corrected chi connectivity index (χ1v) is 23.9. The molecule has 0 aliphatic heterocycles. The van der Waals surface area contributed by atoms with E-state index in [9.17, 15) is 0 Å². The maximum Gasteiger partial charge on any atom is 0.0541 e. The van der Waals surface area contributed by atoms with Gasteiger partial charge in [-0.2, -0.15) is 0 Å². The number of benzene rings is 10. The fourth-order valence-corrected chi connectivity index (χ4v) is 11.9. The van der Waals surface area contributed by atoms with Crippen molar-refractivity contribution in [3.05, 3.63) is 253 Å². The predicted molar refractivity (Wildman–Crippen MR) is 287 cm³/mol. The normalized spacial score (nSPS) is 13.8. The van der Waals surface area contributed by atoms with Crippen LogP contribution in [-0.4, -0.2) is 4.57 Å². The average molecular weight is 871 g/mol. The third-order valence-corrected chi connectivity index (χ3v) is 15.2. The zero-order chi connectivity index (χ0) is 45.7. The molecule has 11 aromatic rings. The zero-order valence-corrected chi connectivity index (χ0v) is 38.8. The summed E-state index contributed by atoms with van der Waals surface area (Å²) in [6, 6.07) is 85.6. The predicted octanol–water partition coefficient (Wildman–Crippen LogP) is 17.9. The lowest BCUT2D eigenvalue weighted by Gasteiger charge is -2.31. The Morgan fingerprint density at radius 1 is 0.324 bits per heavy atom. The van der Waals surface area contributed by atoms with Crippen molar-refractivity contribution in [2.45, 2.75) is 38.5 Å². The van der Waals surface area contributed by atoms with E-state index in [1.807, 2.05) is 0 Å². The summed E-state index contributed by atoms with van der Waals surface area (Å²) in [4.78, 5) is 2.50. The van der Waals surface area contributed by atoms with E-state index in [4.69, 9.17) is 0 Å². The van der Waals surface area contributed by atoms with Crippen molar-refractivity contribution in [1.29, 1.82) is 0 Å². The zero-order valence-electron chi connectivity index (χ0n) is 38.8. The molecule has 0 unspecified atom stereocenters. The molecule has 324 valence electrons. The van der Waals surface area contributed by atoms with Crippen molar-refractivity contribution in [2.24, 2.45) is 0 Å². The fraction of sp³-hybridized carbons (Fsp3) is 0.0909. The Morgan fingerprint density at radius 3 is 1.54 bits per heavy atom. The van der Waals surface area contributed by atoms with Gasteiger partial charge in [0.2, 0.25) is 0 Å². The van der Waals surface area contributed by atoms with Crippen LogP contribution in [0.2, 0.25) is 0 Å². The van der Waals surface area contributed by atoms with Gasteiger partial charge < -0.3 is 9.47 Å². The molecule has 2 nitrogen and oxygen atoms in total. The van der Waals surface area contributed by atoms with E-state index in [2.05, 4.69) is 268 Å². The Morgan fingerprint density at radius 2 is 0.824 bits per heavy atom. The molecule has 0 N–H and O–H groups in total. The second-order valence-electron chi connectivity index (χ2n) is 19.7. The minimum absolute atomic E-state index is 0.112. The van der Waals surface area contributed by atoms with Crippen molar-refractivity contribution in [3.63, 3.8) is 0 Å². The van der Waals surface area contributed by atoms with E-state index < -0.39 is 0 Å². The highest BCUT2D eigenvalue weighted by Crippen LogP contribution is 2.55. The van der Waals surface area contributed by atoms with Crippen LogP contribution in [0.15, 0.2) is 231 Å². The van der Waals surface area contributed by atoms with Gasteiger partial charge in [-0.25, -0.2) is 0 Å². The molecular formula is C66H50N2. The van der Waals surface area contributed by atoms with Crippen LogP contribution >= 0.6 is 0 Å². The molecule has 13 rings (SSSR count). The topological polar surface area (TPSA) is 8.17 Å². The summed E-state index contributed by atoms with van der Waals surface area (Å²) in [6.45, 7) is 9.47. The van der Waals surface area contributed by atoms with Crippen molar-refractivity contribution in [2.75, 3.05) is 4.90 Å². The largest absolute Gasteiger partial charge is 0.309 e. The number of rotatable bonds is 7. The fourth-order valence-electron chi connectivity index (χ4n) is 11.9. The van der Waals surface area contributed by atoms with E-state index in [-0.39, 0.29) is 10.8 Å². The maximum absolute atomic E-state index is 2.50. The number of aromatic nitrogens is 1. The lowest BCUT2D eigenvalue weighted by Crippen LogP contribution is -2.15. The summed E-state index contributed by atoms with van der Waals surface area (Å²) in [6.07, 6.45) is 0. The van der Waals surface area contributed by atoms with Gasteiger partial charge in [-0.05, 0) is 121 Å². The van der Waals surface area contributed by atoms with Crippen LogP contribution in [0.25, 0.3) is 83.1 Å². The van der Waals surface area contributed by atoms with Crippen LogP contribution in [0.5, 0.6) is 0 Å². The SMILES string of the molecule is CC1(C)c2ccccc2-c2ccc(-c3ccccc3N(c3ccc(-c4cccc(-n5c6ccccc6c6ccccc65)c4)cc3)c3ccccc3-c3cccc4c3-c3ccccc3C4(C)C)cc21. The van der Waals surface area contributed by atoms with Crippen LogP contribution in [0.3, 0.4) is 0 Å². The third kappa shape index (κ3) is 5.97. The van der Waals surface area contributed by atoms with E-state index >= 15 is 0 Å². The first kappa shape index (κ1) is 40.1. The minimum Gasteiger partial charge on any atom is -0.309 e. The maximum atomic E-state index is 2.50. The molecule has 2 aliphatic carbocycles. The first-order chi connectivity index (χ1) is 33.3. The van der Waals surface area contributed by atoms with Gasteiger partial charge in [-0.1, -0.05) is 204 Å². The highest BCUT2D eigenvalue weighted by Gasteiger charge is 2.38. The molecule has 0 amide bonds. The van der Waals surface area contributed by atoms with Crippen molar-refractivity contribution < 1.29 is 0 Å². The number of para-hydroxylation sites is 4. The summed E-state index contributed by atoms with van der Waals surface area (Å²) in [5.41, 5.74) is 24.7. The molecule has 0 atom stereocenters. The third-order valence-electron chi connectivity index (χ3n) is 15.2. The molecular weight excluding hydrogens is 821 g/mol. The Bertz CT molecular complexity index is 3750. The minimum atomic E-state index is -0.115. The molecule has 0 bridgehead atoms. The van der Waals surface area contributed by atoms with Crippen molar-refractivity contribution in [1.82, 2.24) is 4.57 Å². The second-order valence-corrected chi connectivity index (χ2v) is 19.7. The van der Waals surface area contributed by atoms with Gasteiger partial charge in [0.25, 0.3) is 0 Å². The number of hydrogen-bond acceptors (Lipinski definition) is 1. The van der Waals surface area contributed by atoms with Gasteiger partial charge in [0, 0.05) is 44.1 Å². The van der Waals surface area contributed by atoms with Gasteiger partial charge in [-0.15, -0.1) is 0 Å². The molecule has 0 fully saturated rings. The highest BCUT2D eigenvalue weighted by molar-refractivity contribution is 6.09. The first-order valence-electron chi connectivity index (χ1n) is 23.9. The lowest BCUT2D eigenvalue weighted by molar-refractivity contribution is 0.660. The van der Waals surface area contributed by atoms with E-state index in [1.165, 1.54) is 94.1 Å². The quantitative estimate of drug-likeness (QED) is 0.155. The molecule has 0 saturated heterocycles. The number of nitrogens with zero attached hydrogens (tertiary/aromatic N) is 2. The van der Waals surface area contributed by atoms with Gasteiger partial charge >= 0.3 is 0 Å². The van der Waals surface area contributed by atoms with Crippen LogP contribution in [0.4, 0.5) is 17.1 Å². The number of hydrogen-bond donors (Lipinski definition) is 0. The molecule has 1 heterocycles. The van der Waals surface area contributed by atoms with Gasteiger partial charge in [0.15, 0.2) is 0 Å². The summed E-state index contributed by atoms with van der Waals surface area (Å²) < 4.78 is 2.40. The summed E-state index contributed by atoms with van der Waals surface area (Å²) in [5, 5.41) is 2.53. The average Bonchev–Trinajstić information content (AvgIpc) is 3.94. The molecule has 1 aromatic heterocycles. The smallest absolute Gasteiger partial charge is 0.0541 e. The Labute approximate surface area is 399 Å². The Balaban J connectivity index is 0.983. The van der Waals surface area contributed by atoms with E-state index in [0.717, 1.165) is 28.3 Å². The van der Waals surface area contributed by atoms with Crippen molar-refractivity contribution in [3.8, 4) is 61.3 Å². The Kier molecular flexibility index (Phi) is 8.95. The van der Waals surface area contributed by atoms with Crippen LogP contribution in [0.1, 0.15) is 49.9 Å². The summed E-state index contributed by atoms with van der Waals surface area (Å²) in [7, 11) is 0. The van der Waals surface area contributed by atoms with Crippen LogP contribution in [0, 0.1) is 0 Å². The second kappa shape index (κ2) is 15.2. The highest BCUT2D eigenvalue weighted by atomic mass is 15.1. The lowest BCUT2D eigenvalue weighted by atomic mass is 9.81. The van der Waals surface area contributed by atoms with E-state index in [1.54, 1.807) is 0 Å². The molecule has 10 aromatic carbocycles. The van der Waals surface area contributed by atoms with Gasteiger partial charge in [0.05, 0.1) is 22.4 Å². The molecule has 2 heteroatoms.